The molecule has 1 atom stereocenters. The Morgan fingerprint density at radius 3 is 2.55 bits per heavy atom. The molecule has 116 valence electrons. The van der Waals surface area contributed by atoms with Gasteiger partial charge in [-0.25, -0.2) is 0 Å². The van der Waals surface area contributed by atoms with Crippen LogP contribution in [0.4, 0.5) is 0 Å². The molecule has 2 aromatic carbocycles. The molecule has 22 heavy (non-hydrogen) atoms. The number of nitrogens with one attached hydrogen (secondary N) is 1. The summed E-state index contributed by atoms with van der Waals surface area (Å²) in [6.45, 7) is 6.70. The van der Waals surface area contributed by atoms with E-state index in [1.54, 1.807) is 7.11 Å². The smallest absolute Gasteiger partial charge is 0.118 e. The fourth-order valence-corrected chi connectivity index (χ4v) is 3.96. The Bertz CT molecular complexity index is 664. The van der Waals surface area contributed by atoms with Gasteiger partial charge in [0.15, 0.2) is 0 Å². The molecule has 1 N–H and O–H groups in total. The van der Waals surface area contributed by atoms with E-state index in [0.29, 0.717) is 0 Å². The standard InChI is InChI=1S/C19H23NOS/c1-13-5-10-17-16(11-13)18(20-19(2,3)12-22-17)14-6-8-15(21-4)9-7-14/h5-11,18,20H,12H2,1-4H3. The van der Waals surface area contributed by atoms with Gasteiger partial charge in [-0.3, -0.25) is 0 Å². The third-order valence-electron chi connectivity index (χ3n) is 4.05. The summed E-state index contributed by atoms with van der Waals surface area (Å²) in [5, 5.41) is 3.83. The first kappa shape index (κ1) is 15.4. The fraction of sp³-hybridized carbons (Fsp3) is 0.368. The number of hydrogen-bond donors (Lipinski definition) is 1. The zero-order valence-electron chi connectivity index (χ0n) is 13.6. The molecule has 1 heterocycles. The van der Waals surface area contributed by atoms with Gasteiger partial charge in [-0.1, -0.05) is 29.8 Å². The normalized spacial score (nSPS) is 20.1. The van der Waals surface area contributed by atoms with Gasteiger partial charge in [0.1, 0.15) is 5.75 Å². The molecule has 0 radical (unpaired) electrons. The lowest BCUT2D eigenvalue weighted by Crippen LogP contribution is -2.43. The molecule has 2 nitrogen and oxygen atoms in total. The first-order valence-corrected chi connectivity index (χ1v) is 8.62. The van der Waals surface area contributed by atoms with Gasteiger partial charge >= 0.3 is 0 Å². The number of benzene rings is 2. The van der Waals surface area contributed by atoms with Crippen LogP contribution in [0.2, 0.25) is 0 Å². The fourth-order valence-electron chi connectivity index (χ4n) is 2.85. The molecule has 3 rings (SSSR count). The number of methoxy groups -OCH3 is 1. The van der Waals surface area contributed by atoms with Gasteiger partial charge in [0, 0.05) is 16.2 Å². The number of fused-ring (bicyclic) bond motifs is 1. The van der Waals surface area contributed by atoms with Gasteiger partial charge in [0.05, 0.1) is 13.2 Å². The largest absolute Gasteiger partial charge is 0.497 e. The Morgan fingerprint density at radius 2 is 1.86 bits per heavy atom. The number of ether oxygens (including phenoxy) is 1. The molecule has 0 aliphatic carbocycles. The second-order valence-electron chi connectivity index (χ2n) is 6.56. The predicted octanol–water partition coefficient (Wildman–Crippen LogP) is 4.57. The van der Waals surface area contributed by atoms with E-state index in [4.69, 9.17) is 4.74 Å². The summed E-state index contributed by atoms with van der Waals surface area (Å²) >= 11 is 1.94. The minimum Gasteiger partial charge on any atom is -0.497 e. The van der Waals surface area contributed by atoms with Gasteiger partial charge in [-0.2, -0.15) is 0 Å². The highest BCUT2D eigenvalue weighted by Crippen LogP contribution is 2.38. The molecule has 2 aromatic rings. The Balaban J connectivity index is 2.07. The van der Waals surface area contributed by atoms with Crippen LogP contribution in [0.1, 0.15) is 36.6 Å². The van der Waals surface area contributed by atoms with Crippen molar-refractivity contribution >= 4 is 11.8 Å². The second-order valence-corrected chi connectivity index (χ2v) is 7.58. The third-order valence-corrected chi connectivity index (χ3v) is 5.60. The monoisotopic (exact) mass is 313 g/mol. The predicted molar refractivity (Wildman–Crippen MR) is 94.0 cm³/mol. The molecule has 3 heteroatoms. The van der Waals surface area contributed by atoms with Crippen molar-refractivity contribution in [2.45, 2.75) is 37.2 Å². The molecular formula is C19H23NOS. The van der Waals surface area contributed by atoms with Crippen molar-refractivity contribution in [1.29, 1.82) is 0 Å². The number of aryl methyl sites for hydroxylation is 1. The average Bonchev–Trinajstić information content (AvgIpc) is 2.64. The van der Waals surface area contributed by atoms with E-state index in [1.165, 1.54) is 21.6 Å². The molecule has 1 aliphatic heterocycles. The van der Waals surface area contributed by atoms with Crippen LogP contribution in [0, 0.1) is 6.92 Å². The zero-order valence-corrected chi connectivity index (χ0v) is 14.5. The molecule has 0 aromatic heterocycles. The highest BCUT2D eigenvalue weighted by atomic mass is 32.2. The molecule has 0 saturated heterocycles. The van der Waals surface area contributed by atoms with Crippen molar-refractivity contribution < 1.29 is 4.74 Å². The van der Waals surface area contributed by atoms with E-state index >= 15 is 0 Å². The molecule has 0 spiro atoms. The summed E-state index contributed by atoms with van der Waals surface area (Å²) in [5.41, 5.74) is 4.05. The first-order valence-electron chi connectivity index (χ1n) is 7.63. The lowest BCUT2D eigenvalue weighted by atomic mass is 9.94. The average molecular weight is 313 g/mol. The minimum atomic E-state index is 0.0855. The third kappa shape index (κ3) is 3.16. The Kier molecular flexibility index (Phi) is 4.20. The highest BCUT2D eigenvalue weighted by Gasteiger charge is 2.30. The Hall–Kier alpha value is -1.45. The van der Waals surface area contributed by atoms with Crippen LogP contribution in [0.15, 0.2) is 47.4 Å². The maximum atomic E-state index is 5.29. The maximum Gasteiger partial charge on any atom is 0.118 e. The Labute approximate surface area is 137 Å². The van der Waals surface area contributed by atoms with Crippen LogP contribution in [-0.2, 0) is 0 Å². The van der Waals surface area contributed by atoms with E-state index in [1.807, 2.05) is 23.9 Å². The van der Waals surface area contributed by atoms with E-state index in [-0.39, 0.29) is 11.6 Å². The van der Waals surface area contributed by atoms with Crippen molar-refractivity contribution in [2.24, 2.45) is 0 Å². The summed E-state index contributed by atoms with van der Waals surface area (Å²) < 4.78 is 5.29. The lowest BCUT2D eigenvalue weighted by Gasteiger charge is -2.29. The van der Waals surface area contributed by atoms with Crippen LogP contribution >= 0.6 is 11.8 Å². The number of hydrogen-bond acceptors (Lipinski definition) is 3. The van der Waals surface area contributed by atoms with E-state index in [0.717, 1.165) is 11.5 Å². The van der Waals surface area contributed by atoms with E-state index in [2.05, 4.69) is 56.4 Å². The second kappa shape index (κ2) is 5.98. The van der Waals surface area contributed by atoms with Crippen LogP contribution < -0.4 is 10.1 Å². The van der Waals surface area contributed by atoms with Gasteiger partial charge in [-0.05, 0) is 50.1 Å². The van der Waals surface area contributed by atoms with Crippen LogP contribution in [0.3, 0.4) is 0 Å². The van der Waals surface area contributed by atoms with Crippen LogP contribution in [0.25, 0.3) is 0 Å². The summed E-state index contributed by atoms with van der Waals surface area (Å²) in [6, 6.07) is 15.4. The van der Waals surface area contributed by atoms with Crippen LogP contribution in [0.5, 0.6) is 5.75 Å². The van der Waals surface area contributed by atoms with Crippen molar-refractivity contribution in [2.75, 3.05) is 12.9 Å². The zero-order chi connectivity index (χ0) is 15.7. The van der Waals surface area contributed by atoms with Crippen molar-refractivity contribution in [3.63, 3.8) is 0 Å². The minimum absolute atomic E-state index is 0.0855. The summed E-state index contributed by atoms with van der Waals surface area (Å²) in [4.78, 5) is 1.38. The van der Waals surface area contributed by atoms with Crippen LogP contribution in [-0.4, -0.2) is 18.4 Å². The number of thioether (sulfide) groups is 1. The highest BCUT2D eigenvalue weighted by molar-refractivity contribution is 7.99. The van der Waals surface area contributed by atoms with Gasteiger partial charge in [0.25, 0.3) is 0 Å². The lowest BCUT2D eigenvalue weighted by molar-refractivity contribution is 0.398. The van der Waals surface area contributed by atoms with E-state index < -0.39 is 0 Å². The quantitative estimate of drug-likeness (QED) is 0.877. The molecule has 0 saturated carbocycles. The molecular weight excluding hydrogens is 290 g/mol. The van der Waals surface area contributed by atoms with Crippen molar-refractivity contribution in [1.82, 2.24) is 5.32 Å². The van der Waals surface area contributed by atoms with Gasteiger partial charge in [0.2, 0.25) is 0 Å². The van der Waals surface area contributed by atoms with Gasteiger partial charge < -0.3 is 10.1 Å². The van der Waals surface area contributed by atoms with E-state index in [9.17, 15) is 0 Å². The molecule has 0 fully saturated rings. The molecule has 0 bridgehead atoms. The molecule has 1 unspecified atom stereocenters. The maximum absolute atomic E-state index is 5.29. The van der Waals surface area contributed by atoms with Crippen molar-refractivity contribution in [3.05, 3.63) is 59.2 Å². The van der Waals surface area contributed by atoms with Gasteiger partial charge in [-0.15, -0.1) is 11.8 Å². The first-order chi connectivity index (χ1) is 10.5. The molecule has 0 amide bonds. The Morgan fingerprint density at radius 1 is 1.14 bits per heavy atom. The molecule has 1 aliphatic rings. The summed E-state index contributed by atoms with van der Waals surface area (Å²) in [5.74, 6) is 1.96. The summed E-state index contributed by atoms with van der Waals surface area (Å²) in [7, 11) is 1.71. The van der Waals surface area contributed by atoms with Crippen molar-refractivity contribution in [3.8, 4) is 5.75 Å². The topological polar surface area (TPSA) is 21.3 Å². The summed E-state index contributed by atoms with van der Waals surface area (Å²) in [6.07, 6.45) is 0. The number of rotatable bonds is 2. The SMILES string of the molecule is COc1ccc(C2NC(C)(C)CSc3ccc(C)cc32)cc1.